The number of benzene rings is 2. The summed E-state index contributed by atoms with van der Waals surface area (Å²) in [6.45, 7) is 0.0994. The quantitative estimate of drug-likeness (QED) is 0.741. The molecule has 24 heavy (non-hydrogen) atoms. The highest BCUT2D eigenvalue weighted by Crippen LogP contribution is 2.18. The third-order valence-electron chi connectivity index (χ3n) is 3.23. The third-order valence-corrected chi connectivity index (χ3v) is 5.79. The first kappa shape index (κ1) is 18.4. The molecule has 0 heterocycles. The predicted molar refractivity (Wildman–Crippen MR) is 89.4 cm³/mol. The van der Waals surface area contributed by atoms with E-state index in [1.807, 2.05) is 0 Å². The molecule has 0 atom stereocenters. The molecule has 0 saturated heterocycles. The fraction of sp³-hybridized carbons (Fsp3) is 0.250. The zero-order valence-corrected chi connectivity index (χ0v) is 14.9. The molecule has 0 aromatic heterocycles. The number of methoxy groups -OCH3 is 1. The maximum absolute atomic E-state index is 12.3. The van der Waals surface area contributed by atoms with E-state index >= 15 is 0 Å². The summed E-state index contributed by atoms with van der Waals surface area (Å²) in [5.74, 6) is 0.108. The predicted octanol–water partition coefficient (Wildman–Crippen LogP) is 2.05. The van der Waals surface area contributed by atoms with E-state index in [0.717, 1.165) is 17.9 Å². The first-order valence-corrected chi connectivity index (χ1v) is 10.5. The lowest BCUT2D eigenvalue weighted by Gasteiger charge is -2.08. The van der Waals surface area contributed by atoms with Gasteiger partial charge in [-0.3, -0.25) is 0 Å². The molecular weight excluding hydrogens is 352 g/mol. The molecule has 2 aromatic rings. The van der Waals surface area contributed by atoms with Crippen molar-refractivity contribution in [1.82, 2.24) is 0 Å². The highest BCUT2D eigenvalue weighted by molar-refractivity contribution is 7.91. The monoisotopic (exact) mass is 370 g/mol. The van der Waals surface area contributed by atoms with Gasteiger partial charge in [-0.2, -0.15) is 0 Å². The smallest absolute Gasteiger partial charge is 0.202 e. The topological polar surface area (TPSA) is 86.7 Å². The Morgan fingerprint density at radius 3 is 2.25 bits per heavy atom. The fourth-order valence-electron chi connectivity index (χ4n) is 2.00. The van der Waals surface area contributed by atoms with E-state index < -0.39 is 25.6 Å². The van der Waals surface area contributed by atoms with E-state index in [4.69, 9.17) is 9.47 Å². The first-order valence-electron chi connectivity index (χ1n) is 6.96. The van der Waals surface area contributed by atoms with Crippen LogP contribution < -0.4 is 4.74 Å². The van der Waals surface area contributed by atoms with Crippen LogP contribution in [0.2, 0.25) is 0 Å². The lowest BCUT2D eigenvalue weighted by atomic mass is 10.2. The Balaban J connectivity index is 2.09. The molecule has 0 radical (unpaired) electrons. The van der Waals surface area contributed by atoms with Crippen LogP contribution in [0.15, 0.2) is 58.3 Å². The Labute approximate surface area is 141 Å². The summed E-state index contributed by atoms with van der Waals surface area (Å²) in [5.41, 5.74) is 0.773. The largest absolute Gasteiger partial charge is 0.497 e. The number of rotatable bonds is 7. The molecule has 6 nitrogen and oxygen atoms in total. The van der Waals surface area contributed by atoms with Crippen LogP contribution in [0.25, 0.3) is 0 Å². The van der Waals surface area contributed by atoms with Gasteiger partial charge in [0.05, 0.1) is 23.5 Å². The summed E-state index contributed by atoms with van der Waals surface area (Å²) in [6, 6.07) is 12.3. The van der Waals surface area contributed by atoms with Crippen LogP contribution in [-0.4, -0.2) is 36.1 Å². The van der Waals surface area contributed by atoms with Gasteiger partial charge in [0.15, 0.2) is 15.8 Å². The number of hydrogen-bond acceptors (Lipinski definition) is 6. The van der Waals surface area contributed by atoms with Crippen molar-refractivity contribution in [2.75, 3.05) is 19.3 Å². The third kappa shape index (κ3) is 4.80. The van der Waals surface area contributed by atoms with Crippen LogP contribution in [0.4, 0.5) is 0 Å². The highest BCUT2D eigenvalue weighted by Gasteiger charge is 2.17. The second-order valence-electron chi connectivity index (χ2n) is 5.18. The van der Waals surface area contributed by atoms with Crippen molar-refractivity contribution in [3.8, 4) is 5.75 Å². The van der Waals surface area contributed by atoms with Crippen LogP contribution in [-0.2, 0) is 31.0 Å². The van der Waals surface area contributed by atoms with E-state index in [0.29, 0.717) is 5.75 Å². The lowest BCUT2D eigenvalue weighted by Crippen LogP contribution is -2.11. The van der Waals surface area contributed by atoms with E-state index in [9.17, 15) is 16.8 Å². The van der Waals surface area contributed by atoms with Crippen LogP contribution >= 0.6 is 0 Å². The van der Waals surface area contributed by atoms with Gasteiger partial charge in [-0.25, -0.2) is 16.8 Å². The van der Waals surface area contributed by atoms with Crippen molar-refractivity contribution in [3.05, 3.63) is 54.1 Å². The normalized spacial score (nSPS) is 12.1. The van der Waals surface area contributed by atoms with Gasteiger partial charge in [0, 0.05) is 6.26 Å². The molecule has 0 N–H and O–H groups in total. The summed E-state index contributed by atoms with van der Waals surface area (Å²) in [6.07, 6.45) is 1.03. The van der Waals surface area contributed by atoms with Gasteiger partial charge in [0.2, 0.25) is 9.84 Å². The Kier molecular flexibility index (Phi) is 5.63. The molecule has 0 fully saturated rings. The summed E-state index contributed by atoms with van der Waals surface area (Å²) < 4.78 is 58.0. The van der Waals surface area contributed by atoms with Crippen molar-refractivity contribution in [2.45, 2.75) is 16.4 Å². The minimum absolute atomic E-state index is 0.0450. The molecule has 0 unspecified atom stereocenters. The van der Waals surface area contributed by atoms with Crippen LogP contribution in [0.3, 0.4) is 0 Å². The van der Waals surface area contributed by atoms with Gasteiger partial charge in [0.25, 0.3) is 0 Å². The summed E-state index contributed by atoms with van der Waals surface area (Å²) in [5, 5.41) is 0. The van der Waals surface area contributed by atoms with Gasteiger partial charge >= 0.3 is 0 Å². The number of ether oxygens (including phenoxy) is 2. The SMILES string of the molecule is COc1cccc(COCS(=O)(=O)c2cccc(S(C)(=O)=O)c2)c1. The molecule has 8 heteroatoms. The molecule has 2 aromatic carbocycles. The van der Waals surface area contributed by atoms with Crippen molar-refractivity contribution < 1.29 is 26.3 Å². The Hall–Kier alpha value is -1.90. The van der Waals surface area contributed by atoms with Gasteiger partial charge in [-0.15, -0.1) is 0 Å². The van der Waals surface area contributed by atoms with Gasteiger partial charge < -0.3 is 9.47 Å². The molecule has 0 aliphatic rings. The van der Waals surface area contributed by atoms with Crippen LogP contribution in [0.1, 0.15) is 5.56 Å². The van der Waals surface area contributed by atoms with E-state index in [-0.39, 0.29) is 16.4 Å². The Morgan fingerprint density at radius 2 is 1.58 bits per heavy atom. The molecule has 0 saturated carbocycles. The van der Waals surface area contributed by atoms with Gasteiger partial charge in [-0.05, 0) is 35.9 Å². The maximum atomic E-state index is 12.3. The van der Waals surface area contributed by atoms with Crippen molar-refractivity contribution in [1.29, 1.82) is 0 Å². The molecule has 0 aliphatic carbocycles. The summed E-state index contributed by atoms with van der Waals surface area (Å²) >= 11 is 0. The van der Waals surface area contributed by atoms with Gasteiger partial charge in [-0.1, -0.05) is 18.2 Å². The zero-order valence-electron chi connectivity index (χ0n) is 13.3. The van der Waals surface area contributed by atoms with Gasteiger partial charge in [0.1, 0.15) is 5.75 Å². The second-order valence-corrected chi connectivity index (χ2v) is 9.13. The molecular formula is C16H18O6S2. The fourth-order valence-corrected chi connectivity index (χ4v) is 3.77. The summed E-state index contributed by atoms with van der Waals surface area (Å²) in [4.78, 5) is -0.132. The number of hydrogen-bond donors (Lipinski definition) is 0. The molecule has 130 valence electrons. The summed E-state index contributed by atoms with van der Waals surface area (Å²) in [7, 11) is -5.68. The van der Waals surface area contributed by atoms with Crippen molar-refractivity contribution >= 4 is 19.7 Å². The van der Waals surface area contributed by atoms with Crippen molar-refractivity contribution in [3.63, 3.8) is 0 Å². The minimum atomic E-state index is -3.75. The van der Waals surface area contributed by atoms with Crippen LogP contribution in [0.5, 0.6) is 5.75 Å². The average Bonchev–Trinajstić information content (AvgIpc) is 2.54. The van der Waals surface area contributed by atoms with Crippen molar-refractivity contribution in [2.24, 2.45) is 0 Å². The average molecular weight is 370 g/mol. The Morgan fingerprint density at radius 1 is 0.917 bits per heavy atom. The molecule has 0 aliphatic heterocycles. The van der Waals surface area contributed by atoms with E-state index in [1.54, 1.807) is 31.4 Å². The minimum Gasteiger partial charge on any atom is -0.497 e. The van der Waals surface area contributed by atoms with Crippen LogP contribution in [0, 0.1) is 0 Å². The number of sulfone groups is 2. The molecule has 2 rings (SSSR count). The van der Waals surface area contributed by atoms with E-state index in [1.165, 1.54) is 18.2 Å². The first-order chi connectivity index (χ1) is 11.2. The standard InChI is InChI=1S/C16H18O6S2/c1-21-14-6-3-5-13(9-14)11-22-12-24(19,20)16-8-4-7-15(10-16)23(2,17)18/h3-10H,11-12H2,1-2H3. The lowest BCUT2D eigenvalue weighted by molar-refractivity contribution is 0.163. The van der Waals surface area contributed by atoms with E-state index in [2.05, 4.69) is 0 Å². The maximum Gasteiger partial charge on any atom is 0.202 e. The molecule has 0 amide bonds. The highest BCUT2D eigenvalue weighted by atomic mass is 32.2. The zero-order chi connectivity index (χ0) is 17.8. The molecule has 0 bridgehead atoms. The second kappa shape index (κ2) is 7.33. The Bertz CT molecular complexity index is 917. The molecule has 0 spiro atoms.